The number of hydrogen-bond donors (Lipinski definition) is 0. The molecule has 0 heterocycles. The highest BCUT2D eigenvalue weighted by Crippen LogP contribution is 2.46. The van der Waals surface area contributed by atoms with Gasteiger partial charge in [0.15, 0.2) is 11.6 Å². The second-order valence-corrected chi connectivity index (χ2v) is 11.7. The van der Waals surface area contributed by atoms with Crippen molar-refractivity contribution in [2.75, 3.05) is 6.61 Å². The molecule has 0 spiro atoms. The van der Waals surface area contributed by atoms with Crippen molar-refractivity contribution in [3.63, 3.8) is 0 Å². The molecule has 1 atom stereocenters. The van der Waals surface area contributed by atoms with Gasteiger partial charge >= 0.3 is 0 Å². The Morgan fingerprint density at radius 2 is 1.47 bits per heavy atom. The first kappa shape index (κ1) is 27.4. The Kier molecular flexibility index (Phi) is 10.5. The third-order valence-corrected chi connectivity index (χ3v) is 9.57. The Morgan fingerprint density at radius 1 is 0.806 bits per heavy atom. The molecule has 1 nitrogen and oxygen atoms in total. The summed E-state index contributed by atoms with van der Waals surface area (Å²) >= 11 is 0. The Hall–Kier alpha value is -1.64. The lowest BCUT2D eigenvalue weighted by Crippen LogP contribution is -2.28. The molecular weight excluding hydrogens is 450 g/mol. The minimum atomic E-state index is -0.853. The quantitative estimate of drug-likeness (QED) is 0.230. The van der Waals surface area contributed by atoms with Gasteiger partial charge in [-0.25, -0.2) is 4.39 Å². The smallest absolute Gasteiger partial charge is 0.201 e. The zero-order valence-corrected chi connectivity index (χ0v) is 22.8. The number of allylic oxidation sites excluding steroid dienone is 4. The fourth-order valence-corrected chi connectivity index (χ4v) is 7.42. The van der Waals surface area contributed by atoms with Gasteiger partial charge in [-0.05, 0) is 131 Å². The van der Waals surface area contributed by atoms with Crippen LogP contribution in [0.5, 0.6) is 5.75 Å². The minimum absolute atomic E-state index is 0.0121. The van der Waals surface area contributed by atoms with Crippen molar-refractivity contribution in [3.8, 4) is 5.75 Å². The van der Waals surface area contributed by atoms with Crippen LogP contribution in [0.4, 0.5) is 8.78 Å². The summed E-state index contributed by atoms with van der Waals surface area (Å²) in [6.45, 7) is 4.33. The average molecular weight is 499 g/mol. The summed E-state index contributed by atoms with van der Waals surface area (Å²) in [5, 5.41) is 0. The highest BCUT2D eigenvalue weighted by molar-refractivity contribution is 5.67. The van der Waals surface area contributed by atoms with Gasteiger partial charge in [-0.1, -0.05) is 44.4 Å². The number of benzene rings is 1. The third-order valence-electron chi connectivity index (χ3n) is 9.57. The lowest BCUT2D eigenvalue weighted by molar-refractivity contribution is 0.120. The van der Waals surface area contributed by atoms with Gasteiger partial charge in [-0.3, -0.25) is 0 Å². The fourth-order valence-electron chi connectivity index (χ4n) is 7.42. The van der Waals surface area contributed by atoms with E-state index >= 15 is 0 Å². The fraction of sp³-hybridized carbons (Fsp3) is 0.697. The van der Waals surface area contributed by atoms with E-state index in [1.54, 1.807) is 19.1 Å². The Morgan fingerprint density at radius 3 is 2.08 bits per heavy atom. The Labute approximate surface area is 218 Å². The molecule has 2 fully saturated rings. The Bertz CT molecular complexity index is 872. The van der Waals surface area contributed by atoms with Gasteiger partial charge in [-0.2, -0.15) is 4.39 Å². The van der Waals surface area contributed by atoms with Crippen LogP contribution in [-0.2, 0) is 0 Å². The van der Waals surface area contributed by atoms with Gasteiger partial charge < -0.3 is 4.74 Å². The van der Waals surface area contributed by atoms with Crippen LogP contribution in [0.3, 0.4) is 0 Å². The van der Waals surface area contributed by atoms with E-state index in [0.717, 1.165) is 54.9 Å². The zero-order chi connectivity index (χ0) is 25.3. The van der Waals surface area contributed by atoms with Crippen LogP contribution in [0.2, 0.25) is 0 Å². The number of ether oxygens (including phenoxy) is 1. The summed E-state index contributed by atoms with van der Waals surface area (Å²) in [6.07, 6.45) is 26.5. The first-order valence-corrected chi connectivity index (χ1v) is 15.1. The van der Waals surface area contributed by atoms with E-state index in [2.05, 4.69) is 25.2 Å². The summed E-state index contributed by atoms with van der Waals surface area (Å²) in [6, 6.07) is 3.27. The normalized spacial score (nSPS) is 29.3. The SMILES string of the molecule is CCC=CCCCC1CCC(C2CCC(C3CC=C(c4ccc(OCC)c(F)c4F)CC3)CC2)CC1. The average Bonchev–Trinajstić information content (AvgIpc) is 2.92. The zero-order valence-electron chi connectivity index (χ0n) is 22.8. The van der Waals surface area contributed by atoms with E-state index in [9.17, 15) is 8.78 Å². The van der Waals surface area contributed by atoms with Gasteiger partial charge in [0.1, 0.15) is 0 Å². The van der Waals surface area contributed by atoms with Crippen molar-refractivity contribution in [3.05, 3.63) is 47.6 Å². The number of hydrogen-bond acceptors (Lipinski definition) is 1. The second-order valence-electron chi connectivity index (χ2n) is 11.7. The molecule has 3 aliphatic rings. The van der Waals surface area contributed by atoms with Crippen LogP contribution in [-0.4, -0.2) is 6.61 Å². The number of halogens is 2. The van der Waals surface area contributed by atoms with Crippen LogP contribution in [0.15, 0.2) is 30.4 Å². The molecule has 2 saturated carbocycles. The molecule has 200 valence electrons. The molecule has 0 bridgehead atoms. The predicted octanol–water partition coefficient (Wildman–Crippen LogP) is 10.3. The maximum atomic E-state index is 14.7. The van der Waals surface area contributed by atoms with Crippen molar-refractivity contribution in [2.45, 2.75) is 110 Å². The lowest BCUT2D eigenvalue weighted by atomic mass is 9.65. The highest BCUT2D eigenvalue weighted by Gasteiger charge is 2.34. The topological polar surface area (TPSA) is 9.23 Å². The number of unbranched alkanes of at least 4 members (excludes halogenated alkanes) is 1. The monoisotopic (exact) mass is 498 g/mol. The largest absolute Gasteiger partial charge is 0.491 e. The van der Waals surface area contributed by atoms with Gasteiger partial charge in [0.25, 0.3) is 0 Å². The molecule has 0 saturated heterocycles. The summed E-state index contributed by atoms with van der Waals surface area (Å²) in [7, 11) is 0. The molecule has 1 aromatic rings. The molecule has 0 radical (unpaired) electrons. The Balaban J connectivity index is 1.20. The van der Waals surface area contributed by atoms with Crippen LogP contribution < -0.4 is 4.74 Å². The molecule has 3 aliphatic carbocycles. The predicted molar refractivity (Wildman–Crippen MR) is 147 cm³/mol. The van der Waals surface area contributed by atoms with Crippen LogP contribution >= 0.6 is 0 Å². The minimum Gasteiger partial charge on any atom is -0.491 e. The summed E-state index contributed by atoms with van der Waals surface area (Å²) in [5.74, 6) is 2.82. The van der Waals surface area contributed by atoms with E-state index < -0.39 is 11.6 Å². The summed E-state index contributed by atoms with van der Waals surface area (Å²) in [5.41, 5.74) is 1.39. The van der Waals surface area contributed by atoms with E-state index in [1.165, 1.54) is 70.6 Å². The van der Waals surface area contributed by atoms with Crippen LogP contribution in [0.25, 0.3) is 5.57 Å². The van der Waals surface area contributed by atoms with Crippen molar-refractivity contribution in [1.82, 2.24) is 0 Å². The highest BCUT2D eigenvalue weighted by atomic mass is 19.2. The molecule has 1 unspecified atom stereocenters. The van der Waals surface area contributed by atoms with Gasteiger partial charge in [0.05, 0.1) is 6.61 Å². The number of rotatable bonds is 10. The second kappa shape index (κ2) is 13.8. The molecule has 0 N–H and O–H groups in total. The van der Waals surface area contributed by atoms with E-state index in [1.807, 2.05) is 0 Å². The van der Waals surface area contributed by atoms with Crippen molar-refractivity contribution in [2.24, 2.45) is 29.6 Å². The molecular formula is C33H48F2O. The maximum Gasteiger partial charge on any atom is 0.201 e. The van der Waals surface area contributed by atoms with E-state index in [-0.39, 0.29) is 5.75 Å². The van der Waals surface area contributed by atoms with E-state index in [4.69, 9.17) is 4.74 Å². The first-order valence-electron chi connectivity index (χ1n) is 15.1. The van der Waals surface area contributed by atoms with Gasteiger partial charge in [0.2, 0.25) is 5.82 Å². The van der Waals surface area contributed by atoms with Crippen LogP contribution in [0.1, 0.15) is 116 Å². The van der Waals surface area contributed by atoms with Gasteiger partial charge in [-0.15, -0.1) is 0 Å². The van der Waals surface area contributed by atoms with Crippen molar-refractivity contribution < 1.29 is 13.5 Å². The molecule has 0 aliphatic heterocycles. The van der Waals surface area contributed by atoms with Crippen molar-refractivity contribution in [1.29, 1.82) is 0 Å². The molecule has 1 aromatic carbocycles. The van der Waals surface area contributed by atoms with E-state index in [0.29, 0.717) is 18.1 Å². The van der Waals surface area contributed by atoms with Crippen LogP contribution in [0, 0.1) is 41.2 Å². The summed E-state index contributed by atoms with van der Waals surface area (Å²) < 4.78 is 34.2. The third kappa shape index (κ3) is 7.01. The molecule has 0 amide bonds. The molecule has 0 aromatic heterocycles. The molecule has 4 rings (SSSR count). The van der Waals surface area contributed by atoms with Gasteiger partial charge in [0, 0.05) is 5.56 Å². The molecule has 3 heteroatoms. The maximum absolute atomic E-state index is 14.7. The summed E-state index contributed by atoms with van der Waals surface area (Å²) in [4.78, 5) is 0. The first-order chi connectivity index (χ1) is 17.6. The lowest BCUT2D eigenvalue weighted by Gasteiger charge is -2.40. The molecule has 36 heavy (non-hydrogen) atoms. The van der Waals surface area contributed by atoms with Crippen molar-refractivity contribution >= 4 is 5.57 Å². The standard InChI is InChI=1S/C33H48F2O/c1-3-5-6-7-8-9-24-10-12-25(13-11-24)26-14-16-27(17-15-26)28-18-20-29(21-19-28)30-22-23-31(36-4-2)33(35)32(30)34/h5-6,20,22-28H,3-4,7-19,21H2,1-2H3.